The summed E-state index contributed by atoms with van der Waals surface area (Å²) >= 11 is 7.90. The Morgan fingerprint density at radius 3 is 2.61 bits per heavy atom. The lowest BCUT2D eigenvalue weighted by molar-refractivity contribution is 0.233. The van der Waals surface area contributed by atoms with Gasteiger partial charge in [-0.2, -0.15) is 20.2 Å². The van der Waals surface area contributed by atoms with Crippen LogP contribution in [0.4, 0.5) is 5.69 Å². The van der Waals surface area contributed by atoms with Crippen molar-refractivity contribution in [3.05, 3.63) is 64.2 Å². The van der Waals surface area contributed by atoms with E-state index in [2.05, 4.69) is 29.8 Å². The average Bonchev–Trinajstić information content (AvgIpc) is 3.06. The van der Waals surface area contributed by atoms with Gasteiger partial charge in [0.1, 0.15) is 0 Å². The second-order valence-corrected chi connectivity index (χ2v) is 10.3. The second-order valence-electron chi connectivity index (χ2n) is 7.35. The number of hydrogen-bond acceptors (Lipinski definition) is 5. The number of para-hydroxylation sites is 1. The van der Waals surface area contributed by atoms with Gasteiger partial charge in [0.05, 0.1) is 12.9 Å². The zero-order chi connectivity index (χ0) is 20.3. The first-order chi connectivity index (χ1) is 13.3. The third-order valence-corrected chi connectivity index (χ3v) is 6.64. The maximum absolute atomic E-state index is 11.5. The number of anilines is 1. The predicted octanol–water partition coefficient (Wildman–Crippen LogP) is 5.11. The fraction of sp³-hybridized carbons (Fsp3) is 0.429. The Bertz CT molecular complexity index is 916. The number of thioether (sulfide) groups is 1. The van der Waals surface area contributed by atoms with E-state index < -0.39 is 10.1 Å². The molecule has 3 unspecified atom stereocenters. The number of hydrogen-bond donors (Lipinski definition) is 1. The van der Waals surface area contributed by atoms with E-state index in [1.54, 1.807) is 11.8 Å². The fourth-order valence-corrected chi connectivity index (χ4v) is 5.18. The Labute approximate surface area is 177 Å². The van der Waals surface area contributed by atoms with Crippen LogP contribution in [0.3, 0.4) is 0 Å². The van der Waals surface area contributed by atoms with Gasteiger partial charge in [0.25, 0.3) is 10.1 Å². The Kier molecular flexibility index (Phi) is 6.97. The first-order valence-corrected chi connectivity index (χ1v) is 12.8. The monoisotopic (exact) mass is 439 g/mol. The van der Waals surface area contributed by atoms with Gasteiger partial charge in [0, 0.05) is 28.9 Å². The van der Waals surface area contributed by atoms with Gasteiger partial charge in [0.2, 0.25) is 0 Å². The zero-order valence-corrected chi connectivity index (χ0v) is 18.7. The molecule has 1 aliphatic rings. The molecule has 0 saturated heterocycles. The number of halogens is 1. The highest BCUT2D eigenvalue weighted by molar-refractivity contribution is 7.97. The highest BCUT2D eigenvalue weighted by Gasteiger charge is 2.35. The average molecular weight is 440 g/mol. The second kappa shape index (κ2) is 9.08. The summed E-state index contributed by atoms with van der Waals surface area (Å²) in [6, 6.07) is 14.3. The van der Waals surface area contributed by atoms with Crippen molar-refractivity contribution in [3.8, 4) is 0 Å². The molecule has 0 spiro atoms. The molecule has 0 radical (unpaired) electrons. The molecule has 28 heavy (non-hydrogen) atoms. The van der Waals surface area contributed by atoms with Crippen LogP contribution in [0.15, 0.2) is 42.5 Å². The minimum absolute atomic E-state index is 0.0119. The van der Waals surface area contributed by atoms with E-state index >= 15 is 0 Å². The molecule has 1 aliphatic heterocycles. The molecule has 0 bridgehead atoms. The van der Waals surface area contributed by atoms with Gasteiger partial charge in [-0.3, -0.25) is 4.18 Å². The van der Waals surface area contributed by atoms with Crippen molar-refractivity contribution in [1.29, 1.82) is 0 Å². The summed E-state index contributed by atoms with van der Waals surface area (Å²) in [4.78, 5) is 0. The molecule has 1 heterocycles. The minimum Gasteiger partial charge on any atom is -0.384 e. The van der Waals surface area contributed by atoms with Gasteiger partial charge in [-0.25, -0.2) is 0 Å². The third-order valence-electron chi connectivity index (χ3n) is 5.23. The maximum atomic E-state index is 11.5. The topological polar surface area (TPSA) is 55.4 Å². The van der Waals surface area contributed by atoms with Gasteiger partial charge in [-0.1, -0.05) is 48.9 Å². The quantitative estimate of drug-likeness (QED) is 0.579. The predicted molar refractivity (Wildman–Crippen MR) is 119 cm³/mol. The molecule has 2 aromatic carbocycles. The highest BCUT2D eigenvalue weighted by atomic mass is 35.5. The first kappa shape index (κ1) is 21.5. The lowest BCUT2D eigenvalue weighted by atomic mass is 9.75. The highest BCUT2D eigenvalue weighted by Crippen LogP contribution is 2.46. The summed E-state index contributed by atoms with van der Waals surface area (Å²) in [6.07, 6.45) is 3.20. The first-order valence-electron chi connectivity index (χ1n) is 9.24. The molecule has 152 valence electrons. The molecule has 4 nitrogen and oxygen atoms in total. The Morgan fingerprint density at radius 2 is 1.96 bits per heavy atom. The van der Waals surface area contributed by atoms with Gasteiger partial charge in [-0.05, 0) is 46.9 Å². The lowest BCUT2D eigenvalue weighted by Crippen LogP contribution is -2.24. The third kappa shape index (κ3) is 5.03. The molecule has 0 aromatic heterocycles. The number of nitrogens with one attached hydrogen (secondary N) is 1. The van der Waals surface area contributed by atoms with Crippen LogP contribution in [-0.2, 0) is 20.1 Å². The molecular formula is C21H26ClNO3S2. The molecule has 3 rings (SSSR count). The number of benzene rings is 2. The maximum Gasteiger partial charge on any atom is 0.264 e. The standard InChI is InChI=1S/C21H26ClNO3S2/c1-14(12-26-28(3,24)25)20(15-7-9-17(22)10-8-15)19-11-23-21-16(13-27-2)5-4-6-18(19)21/h4-10,14,19-20,23H,11-13H2,1-3H3. The Hall–Kier alpha value is -1.21. The largest absolute Gasteiger partial charge is 0.384 e. The lowest BCUT2D eigenvalue weighted by Gasteiger charge is -2.30. The molecule has 1 N–H and O–H groups in total. The van der Waals surface area contributed by atoms with Crippen molar-refractivity contribution in [1.82, 2.24) is 0 Å². The molecule has 0 amide bonds. The molecule has 2 aromatic rings. The van der Waals surface area contributed by atoms with Crippen LogP contribution in [0.5, 0.6) is 0 Å². The van der Waals surface area contributed by atoms with E-state index in [-0.39, 0.29) is 24.4 Å². The minimum atomic E-state index is -3.48. The van der Waals surface area contributed by atoms with E-state index in [4.69, 9.17) is 15.8 Å². The summed E-state index contributed by atoms with van der Waals surface area (Å²) < 4.78 is 28.2. The van der Waals surface area contributed by atoms with Gasteiger partial charge in [-0.15, -0.1) is 0 Å². The van der Waals surface area contributed by atoms with Crippen LogP contribution in [0.25, 0.3) is 0 Å². The SMILES string of the molecule is CSCc1cccc2c1NCC2C(c1ccc(Cl)cc1)C(C)COS(C)(=O)=O. The van der Waals surface area contributed by atoms with E-state index in [1.807, 2.05) is 31.2 Å². The zero-order valence-electron chi connectivity index (χ0n) is 16.3. The smallest absolute Gasteiger partial charge is 0.264 e. The van der Waals surface area contributed by atoms with Crippen molar-refractivity contribution in [2.45, 2.75) is 24.5 Å². The number of rotatable bonds is 8. The van der Waals surface area contributed by atoms with E-state index in [0.717, 1.165) is 24.1 Å². The van der Waals surface area contributed by atoms with E-state index in [0.29, 0.717) is 5.02 Å². The van der Waals surface area contributed by atoms with Gasteiger partial charge >= 0.3 is 0 Å². The van der Waals surface area contributed by atoms with Crippen molar-refractivity contribution in [2.24, 2.45) is 5.92 Å². The molecule has 0 fully saturated rings. The van der Waals surface area contributed by atoms with Crippen LogP contribution < -0.4 is 5.32 Å². The van der Waals surface area contributed by atoms with Crippen LogP contribution in [0, 0.1) is 5.92 Å². The normalized spacial score (nSPS) is 18.4. The molecule has 7 heteroatoms. The molecule has 3 atom stereocenters. The summed E-state index contributed by atoms with van der Waals surface area (Å²) in [6.45, 7) is 3.02. The summed E-state index contributed by atoms with van der Waals surface area (Å²) in [5.41, 5.74) is 4.96. The van der Waals surface area contributed by atoms with E-state index in [9.17, 15) is 8.42 Å². The van der Waals surface area contributed by atoms with Crippen molar-refractivity contribution in [2.75, 3.05) is 31.0 Å². The van der Waals surface area contributed by atoms with Crippen LogP contribution in [0.2, 0.25) is 5.02 Å². The van der Waals surface area contributed by atoms with Crippen LogP contribution in [0.1, 0.15) is 35.4 Å². The number of fused-ring (bicyclic) bond motifs is 1. The van der Waals surface area contributed by atoms with Crippen molar-refractivity contribution in [3.63, 3.8) is 0 Å². The molecule has 0 aliphatic carbocycles. The Morgan fingerprint density at radius 1 is 1.25 bits per heavy atom. The molecule has 0 saturated carbocycles. The van der Waals surface area contributed by atoms with Crippen LogP contribution in [-0.4, -0.2) is 34.1 Å². The summed E-state index contributed by atoms with van der Waals surface area (Å²) in [5, 5.41) is 4.28. The van der Waals surface area contributed by atoms with Crippen molar-refractivity contribution >= 4 is 39.2 Å². The Balaban J connectivity index is 1.97. The van der Waals surface area contributed by atoms with Crippen molar-refractivity contribution < 1.29 is 12.6 Å². The summed E-state index contributed by atoms with van der Waals surface area (Å²) in [5.74, 6) is 1.31. The summed E-state index contributed by atoms with van der Waals surface area (Å²) in [7, 11) is -3.48. The van der Waals surface area contributed by atoms with E-state index in [1.165, 1.54) is 16.8 Å². The van der Waals surface area contributed by atoms with Crippen LogP contribution >= 0.6 is 23.4 Å². The van der Waals surface area contributed by atoms with Gasteiger partial charge in [0.15, 0.2) is 0 Å². The molecular weight excluding hydrogens is 414 g/mol. The van der Waals surface area contributed by atoms with Gasteiger partial charge < -0.3 is 5.32 Å². The fourth-order valence-electron chi connectivity index (χ4n) is 4.04.